The fourth-order valence-electron chi connectivity index (χ4n) is 2.35. The number of quaternary nitrogens is 1. The molecule has 1 aromatic carbocycles. The molecule has 1 aliphatic heterocycles. The number of methoxy groups -OCH3 is 1. The fourth-order valence-corrected chi connectivity index (χ4v) is 4.21. The van der Waals surface area contributed by atoms with Crippen molar-refractivity contribution in [2.45, 2.75) is 11.8 Å². The van der Waals surface area contributed by atoms with Crippen LogP contribution < -0.4 is 9.64 Å². The van der Waals surface area contributed by atoms with Crippen molar-refractivity contribution >= 4 is 26.0 Å². The number of nitrogens with zero attached hydrogens (tertiary/aromatic N) is 1. The van der Waals surface area contributed by atoms with Crippen LogP contribution in [0.4, 0.5) is 0 Å². The van der Waals surface area contributed by atoms with E-state index in [0.717, 1.165) is 24.1 Å². The summed E-state index contributed by atoms with van der Waals surface area (Å²) in [6.45, 7) is 6.04. The highest BCUT2D eigenvalue weighted by atomic mass is 79.9. The molecule has 0 aliphatic carbocycles. The summed E-state index contributed by atoms with van der Waals surface area (Å²) in [6.07, 6.45) is 0. The summed E-state index contributed by atoms with van der Waals surface area (Å²) < 4.78 is 32.7. The van der Waals surface area contributed by atoms with E-state index in [2.05, 4.69) is 22.9 Å². The van der Waals surface area contributed by atoms with E-state index < -0.39 is 10.0 Å². The van der Waals surface area contributed by atoms with Gasteiger partial charge in [-0.1, -0.05) is 0 Å². The van der Waals surface area contributed by atoms with Crippen molar-refractivity contribution in [3.63, 3.8) is 0 Å². The van der Waals surface area contributed by atoms with E-state index in [0.29, 0.717) is 18.8 Å². The smallest absolute Gasteiger partial charge is 0.243 e. The molecule has 1 aromatic rings. The Bertz CT molecular complexity index is 569. The third-order valence-electron chi connectivity index (χ3n) is 3.69. The van der Waals surface area contributed by atoms with Crippen LogP contribution in [0.2, 0.25) is 0 Å². The minimum absolute atomic E-state index is 0.289. The number of hydrogen-bond donors (Lipinski definition) is 1. The molecule has 0 aromatic heterocycles. The molecule has 2 rings (SSSR count). The number of nitrogens with one attached hydrogen (secondary N) is 1. The highest BCUT2D eigenvalue weighted by Crippen LogP contribution is 2.28. The molecule has 7 heteroatoms. The van der Waals surface area contributed by atoms with Gasteiger partial charge in [0, 0.05) is 6.07 Å². The Morgan fingerprint density at radius 2 is 2.00 bits per heavy atom. The Kier molecular flexibility index (Phi) is 5.06. The molecule has 112 valence electrons. The van der Waals surface area contributed by atoms with Crippen LogP contribution in [0.25, 0.3) is 0 Å². The average molecular weight is 364 g/mol. The predicted octanol–water partition coefficient (Wildman–Crippen LogP) is 0.367. The first-order chi connectivity index (χ1) is 9.48. The van der Waals surface area contributed by atoms with Gasteiger partial charge in [-0.3, -0.25) is 0 Å². The molecule has 0 saturated carbocycles. The van der Waals surface area contributed by atoms with Crippen LogP contribution in [-0.4, -0.2) is 52.6 Å². The average Bonchev–Trinajstić information content (AvgIpc) is 2.47. The largest absolute Gasteiger partial charge is 0.496 e. The van der Waals surface area contributed by atoms with Gasteiger partial charge in [-0.2, -0.15) is 4.31 Å². The van der Waals surface area contributed by atoms with E-state index in [1.807, 2.05) is 0 Å². The first-order valence-electron chi connectivity index (χ1n) is 6.66. The molecular weight excluding hydrogens is 344 g/mol. The standard InChI is InChI=1S/C13H19BrN2O3S/c1-3-15-6-8-16(9-7-15)20(17,18)11-4-5-12(14)13(10-11)19-2/h4-5,10H,3,6-9H2,1-2H3/p+1. The van der Waals surface area contributed by atoms with Crippen LogP contribution in [-0.2, 0) is 10.0 Å². The monoisotopic (exact) mass is 363 g/mol. The maximum absolute atomic E-state index is 12.6. The minimum Gasteiger partial charge on any atom is -0.496 e. The quantitative estimate of drug-likeness (QED) is 0.840. The van der Waals surface area contributed by atoms with Gasteiger partial charge in [-0.25, -0.2) is 8.42 Å². The zero-order chi connectivity index (χ0) is 14.8. The molecule has 5 nitrogen and oxygen atoms in total. The lowest BCUT2D eigenvalue weighted by Gasteiger charge is -2.30. The molecule has 0 unspecified atom stereocenters. The minimum atomic E-state index is -3.42. The van der Waals surface area contributed by atoms with Crippen molar-refractivity contribution < 1.29 is 18.1 Å². The maximum atomic E-state index is 12.6. The van der Waals surface area contributed by atoms with Gasteiger partial charge < -0.3 is 9.64 Å². The van der Waals surface area contributed by atoms with Gasteiger partial charge in [-0.15, -0.1) is 0 Å². The van der Waals surface area contributed by atoms with Crippen molar-refractivity contribution in [2.75, 3.05) is 39.8 Å². The first-order valence-corrected chi connectivity index (χ1v) is 8.89. The summed E-state index contributed by atoms with van der Waals surface area (Å²) in [4.78, 5) is 1.74. The van der Waals surface area contributed by atoms with Crippen molar-refractivity contribution in [2.24, 2.45) is 0 Å². The molecule has 1 heterocycles. The Hall–Kier alpha value is -0.630. The Balaban J connectivity index is 2.22. The topological polar surface area (TPSA) is 51.0 Å². The third-order valence-corrected chi connectivity index (χ3v) is 6.24. The van der Waals surface area contributed by atoms with Crippen LogP contribution in [0.5, 0.6) is 5.75 Å². The number of ether oxygens (including phenoxy) is 1. The molecule has 0 atom stereocenters. The van der Waals surface area contributed by atoms with Crippen molar-refractivity contribution in [3.8, 4) is 5.75 Å². The Morgan fingerprint density at radius 3 is 2.55 bits per heavy atom. The zero-order valence-corrected chi connectivity index (χ0v) is 14.1. The van der Waals surface area contributed by atoms with Gasteiger partial charge in [0.15, 0.2) is 0 Å². The lowest BCUT2D eigenvalue weighted by molar-refractivity contribution is -0.901. The number of rotatable bonds is 4. The van der Waals surface area contributed by atoms with E-state index in [-0.39, 0.29) is 4.90 Å². The number of benzene rings is 1. The van der Waals surface area contributed by atoms with Crippen molar-refractivity contribution in [1.29, 1.82) is 0 Å². The fraction of sp³-hybridized carbons (Fsp3) is 0.538. The van der Waals surface area contributed by atoms with E-state index in [1.54, 1.807) is 22.5 Å². The first kappa shape index (κ1) is 15.8. The number of halogens is 1. The summed E-state index contributed by atoms with van der Waals surface area (Å²) in [5.41, 5.74) is 0. The van der Waals surface area contributed by atoms with Crippen LogP contribution >= 0.6 is 15.9 Å². The molecular formula is C13H20BrN2O3S+. The van der Waals surface area contributed by atoms with Crippen molar-refractivity contribution in [1.82, 2.24) is 4.31 Å². The number of likely N-dealkylation sites (N-methyl/N-ethyl adjacent to an activating group) is 1. The van der Waals surface area contributed by atoms with Gasteiger partial charge in [0.1, 0.15) is 5.75 Å². The van der Waals surface area contributed by atoms with Crippen LogP contribution in [0.3, 0.4) is 0 Å². The molecule has 1 N–H and O–H groups in total. The van der Waals surface area contributed by atoms with E-state index in [9.17, 15) is 8.42 Å². The summed E-state index contributed by atoms with van der Waals surface area (Å²) in [7, 11) is -1.90. The summed E-state index contributed by atoms with van der Waals surface area (Å²) in [6, 6.07) is 4.89. The van der Waals surface area contributed by atoms with Gasteiger partial charge >= 0.3 is 0 Å². The number of piperazine rings is 1. The second-order valence-corrected chi connectivity index (χ2v) is 7.60. The Morgan fingerprint density at radius 1 is 1.35 bits per heavy atom. The van der Waals surface area contributed by atoms with Crippen LogP contribution in [0.15, 0.2) is 27.6 Å². The Labute approximate surface area is 128 Å². The number of hydrogen-bond acceptors (Lipinski definition) is 3. The molecule has 1 aliphatic rings. The van der Waals surface area contributed by atoms with Gasteiger partial charge in [0.25, 0.3) is 0 Å². The second kappa shape index (κ2) is 6.43. The molecule has 0 bridgehead atoms. The second-order valence-electron chi connectivity index (χ2n) is 4.80. The predicted molar refractivity (Wildman–Crippen MR) is 80.7 cm³/mol. The number of sulfonamides is 1. The maximum Gasteiger partial charge on any atom is 0.243 e. The highest BCUT2D eigenvalue weighted by molar-refractivity contribution is 9.10. The van der Waals surface area contributed by atoms with Gasteiger partial charge in [0.05, 0.1) is 49.2 Å². The van der Waals surface area contributed by atoms with Crippen molar-refractivity contribution in [3.05, 3.63) is 22.7 Å². The summed E-state index contributed by atoms with van der Waals surface area (Å²) in [5, 5.41) is 0. The summed E-state index contributed by atoms with van der Waals surface area (Å²) >= 11 is 3.33. The molecule has 0 amide bonds. The van der Waals surface area contributed by atoms with Crippen LogP contribution in [0, 0.1) is 0 Å². The molecule has 0 spiro atoms. The normalized spacial score (nSPS) is 18.1. The van der Waals surface area contributed by atoms with E-state index in [4.69, 9.17) is 4.74 Å². The van der Waals surface area contributed by atoms with Crippen LogP contribution in [0.1, 0.15) is 6.92 Å². The van der Waals surface area contributed by atoms with E-state index in [1.165, 1.54) is 12.0 Å². The van der Waals surface area contributed by atoms with Gasteiger partial charge in [-0.05, 0) is 35.0 Å². The lowest BCUT2D eigenvalue weighted by atomic mass is 10.3. The zero-order valence-electron chi connectivity index (χ0n) is 11.7. The molecule has 20 heavy (non-hydrogen) atoms. The molecule has 0 radical (unpaired) electrons. The third kappa shape index (κ3) is 3.16. The van der Waals surface area contributed by atoms with E-state index >= 15 is 0 Å². The highest BCUT2D eigenvalue weighted by Gasteiger charge is 2.30. The molecule has 1 saturated heterocycles. The SMILES string of the molecule is CC[NH+]1CCN(S(=O)(=O)c2ccc(Br)c(OC)c2)CC1. The molecule has 1 fully saturated rings. The van der Waals surface area contributed by atoms with Gasteiger partial charge in [0.2, 0.25) is 10.0 Å². The lowest BCUT2D eigenvalue weighted by Crippen LogP contribution is -3.14. The summed E-state index contributed by atoms with van der Waals surface area (Å²) in [5.74, 6) is 0.531.